The number of likely N-dealkylation sites (N-methyl/N-ethyl adjacent to an activating group) is 1. The summed E-state index contributed by atoms with van der Waals surface area (Å²) in [6.07, 6.45) is 14.7. The molecule has 4 saturated carbocycles. The van der Waals surface area contributed by atoms with E-state index in [4.69, 9.17) is 14.6 Å². The van der Waals surface area contributed by atoms with E-state index in [1.54, 1.807) is 0 Å². The second-order valence-corrected chi connectivity index (χ2v) is 15.4. The SMILES string of the molecule is CC(C)CCC[C@@H](C)[C@H]1CC[C@H]2C3CC4OC45C[C@@H](OCC[N+](C)(O)CC(=O)O)CC[C@]5(C)[C@H]3CC[C@]12C. The molecule has 4 unspecified atom stereocenters. The van der Waals surface area contributed by atoms with Gasteiger partial charge in [0.1, 0.15) is 12.1 Å². The average Bonchev–Trinajstić information content (AvgIpc) is 3.38. The second-order valence-electron chi connectivity index (χ2n) is 15.4. The summed E-state index contributed by atoms with van der Waals surface area (Å²) in [6, 6.07) is 0. The van der Waals surface area contributed by atoms with Crippen LogP contribution >= 0.6 is 0 Å². The Bertz CT molecular complexity index is 876. The lowest BCUT2D eigenvalue weighted by molar-refractivity contribution is -1.08. The molecule has 0 amide bonds. The summed E-state index contributed by atoms with van der Waals surface area (Å²) in [6.45, 7) is 12.9. The highest BCUT2D eigenvalue weighted by atomic mass is 16.6. The second kappa shape index (κ2) is 10.3. The number of quaternary nitrogens is 1. The molecule has 0 aromatic rings. The molecule has 1 spiro atoms. The van der Waals surface area contributed by atoms with E-state index in [0.717, 1.165) is 54.8 Å². The first-order valence-corrected chi connectivity index (χ1v) is 15.9. The maximum Gasteiger partial charge on any atom is 0.362 e. The fraction of sp³-hybridized carbons (Fsp3) is 0.969. The number of hydroxylamine groups is 3. The van der Waals surface area contributed by atoms with Crippen molar-refractivity contribution in [2.45, 2.75) is 123 Å². The molecule has 0 radical (unpaired) electrons. The van der Waals surface area contributed by atoms with Crippen LogP contribution in [-0.2, 0) is 14.3 Å². The van der Waals surface area contributed by atoms with E-state index in [1.165, 1.54) is 58.4 Å². The van der Waals surface area contributed by atoms with Crippen LogP contribution in [0.25, 0.3) is 0 Å². The summed E-state index contributed by atoms with van der Waals surface area (Å²) in [4.78, 5) is 11.0. The number of carboxylic acid groups (broad SMARTS) is 1. The summed E-state index contributed by atoms with van der Waals surface area (Å²) in [5.41, 5.74) is 0.730. The number of carboxylic acids is 1. The van der Waals surface area contributed by atoms with E-state index in [1.807, 2.05) is 0 Å². The Kier molecular flexibility index (Phi) is 7.81. The fourth-order valence-electron chi connectivity index (χ4n) is 10.6. The molecule has 0 aromatic heterocycles. The van der Waals surface area contributed by atoms with E-state index in [9.17, 15) is 10.0 Å². The summed E-state index contributed by atoms with van der Waals surface area (Å²) >= 11 is 0. The summed E-state index contributed by atoms with van der Waals surface area (Å²) in [5.74, 6) is 4.00. The van der Waals surface area contributed by atoms with Crippen LogP contribution in [0.15, 0.2) is 0 Å². The van der Waals surface area contributed by atoms with Gasteiger partial charge in [-0.05, 0) is 85.9 Å². The molecule has 0 aromatic carbocycles. The van der Waals surface area contributed by atoms with Crippen LogP contribution in [0.2, 0.25) is 0 Å². The smallest absolute Gasteiger partial charge is 0.362 e. The molecule has 11 atom stereocenters. The van der Waals surface area contributed by atoms with Gasteiger partial charge in [-0.3, -0.25) is 0 Å². The van der Waals surface area contributed by atoms with Crippen molar-refractivity contribution in [3.63, 3.8) is 0 Å². The van der Waals surface area contributed by atoms with Gasteiger partial charge < -0.3 is 14.6 Å². The average molecular weight is 535 g/mol. The van der Waals surface area contributed by atoms with Crippen molar-refractivity contribution in [3.8, 4) is 0 Å². The largest absolute Gasteiger partial charge is 0.477 e. The molecule has 5 aliphatic rings. The van der Waals surface area contributed by atoms with Crippen LogP contribution < -0.4 is 0 Å². The number of hydrogen-bond donors (Lipinski definition) is 2. The summed E-state index contributed by atoms with van der Waals surface area (Å²) in [5, 5.41) is 19.3. The number of fused-ring (bicyclic) bond motifs is 4. The van der Waals surface area contributed by atoms with Crippen LogP contribution in [0.5, 0.6) is 0 Å². The third kappa shape index (κ3) is 4.99. The Balaban J connectivity index is 1.21. The van der Waals surface area contributed by atoms with Gasteiger partial charge in [0.2, 0.25) is 6.54 Å². The van der Waals surface area contributed by atoms with Crippen molar-refractivity contribution in [1.82, 2.24) is 0 Å². The molecule has 5 rings (SSSR count). The van der Waals surface area contributed by atoms with Crippen LogP contribution in [0.3, 0.4) is 0 Å². The predicted octanol–water partition coefficient (Wildman–Crippen LogP) is 6.54. The maximum absolute atomic E-state index is 11.0. The lowest BCUT2D eigenvalue weighted by atomic mass is 9.44. The fourth-order valence-corrected chi connectivity index (χ4v) is 10.6. The highest BCUT2D eigenvalue weighted by Crippen LogP contribution is 2.74. The van der Waals surface area contributed by atoms with Gasteiger partial charge in [0.25, 0.3) is 0 Å². The van der Waals surface area contributed by atoms with Gasteiger partial charge in [0, 0.05) is 11.8 Å². The monoisotopic (exact) mass is 534 g/mol. The zero-order valence-electron chi connectivity index (χ0n) is 25.1. The Morgan fingerprint density at radius 1 is 1.08 bits per heavy atom. The van der Waals surface area contributed by atoms with E-state index >= 15 is 0 Å². The quantitative estimate of drug-likeness (QED) is 0.179. The first-order chi connectivity index (χ1) is 17.8. The van der Waals surface area contributed by atoms with Gasteiger partial charge in [-0.1, -0.05) is 53.9 Å². The number of aliphatic carboxylic acids is 1. The lowest BCUT2D eigenvalue weighted by Crippen LogP contribution is -2.59. The van der Waals surface area contributed by atoms with Crippen molar-refractivity contribution >= 4 is 5.97 Å². The van der Waals surface area contributed by atoms with E-state index < -0.39 is 10.6 Å². The van der Waals surface area contributed by atoms with Crippen LogP contribution in [0, 0.1) is 46.3 Å². The molecule has 6 heteroatoms. The van der Waals surface area contributed by atoms with Gasteiger partial charge in [0.15, 0.2) is 0 Å². The Labute approximate surface area is 231 Å². The molecule has 2 N–H and O–H groups in total. The van der Waals surface area contributed by atoms with Gasteiger partial charge in [-0.2, -0.15) is 4.65 Å². The Hall–Kier alpha value is -0.690. The van der Waals surface area contributed by atoms with E-state index in [-0.39, 0.29) is 23.7 Å². The van der Waals surface area contributed by atoms with Gasteiger partial charge in [-0.25, -0.2) is 10.0 Å². The van der Waals surface area contributed by atoms with Crippen molar-refractivity contribution in [2.75, 3.05) is 26.7 Å². The third-order valence-electron chi connectivity index (χ3n) is 12.6. The standard InChI is InChI=1S/C32H55NO5/c1-21(2)8-7-9-22(3)25-10-11-26-24-18-28-32(38-28)19-23(37-17-16-33(6,36)20-29(34)35)12-15-31(32,5)27(24)13-14-30(25,26)4/h21-28,36H,7-20H2,1-6H3/p+1/t22-,23+,24?,25-,26+,27+,28?,30-,31-,32?,33?/m1/s1. The Morgan fingerprint density at radius 2 is 1.84 bits per heavy atom. The molecule has 1 aliphatic heterocycles. The summed E-state index contributed by atoms with van der Waals surface area (Å²) in [7, 11) is 1.53. The minimum atomic E-state index is -0.994. The molecule has 4 aliphatic carbocycles. The number of ether oxygens (including phenoxy) is 2. The minimum absolute atomic E-state index is 0.0224. The van der Waals surface area contributed by atoms with Crippen LogP contribution in [0.1, 0.15) is 105 Å². The van der Waals surface area contributed by atoms with Crippen molar-refractivity contribution in [3.05, 3.63) is 0 Å². The van der Waals surface area contributed by atoms with Crippen LogP contribution in [0.4, 0.5) is 0 Å². The molecule has 218 valence electrons. The van der Waals surface area contributed by atoms with Gasteiger partial charge in [0.05, 0.1) is 25.9 Å². The van der Waals surface area contributed by atoms with Crippen LogP contribution in [-0.4, -0.2) is 65.5 Å². The molecule has 5 fully saturated rings. The number of rotatable bonds is 11. The third-order valence-corrected chi connectivity index (χ3v) is 12.6. The summed E-state index contributed by atoms with van der Waals surface area (Å²) < 4.78 is 12.4. The normalized spacial score (nSPS) is 45.9. The highest BCUT2D eigenvalue weighted by molar-refractivity contribution is 5.67. The van der Waals surface area contributed by atoms with Gasteiger partial charge in [-0.15, -0.1) is 0 Å². The highest BCUT2D eigenvalue weighted by Gasteiger charge is 2.76. The first-order valence-electron chi connectivity index (χ1n) is 15.9. The zero-order valence-corrected chi connectivity index (χ0v) is 25.1. The zero-order chi connectivity index (χ0) is 27.5. The van der Waals surface area contributed by atoms with Crippen molar-refractivity contribution in [2.24, 2.45) is 46.3 Å². The molecular weight excluding hydrogens is 478 g/mol. The van der Waals surface area contributed by atoms with Crippen molar-refractivity contribution < 1.29 is 29.2 Å². The van der Waals surface area contributed by atoms with Crippen molar-refractivity contribution in [1.29, 1.82) is 0 Å². The lowest BCUT2D eigenvalue weighted by Gasteiger charge is -2.59. The molecule has 38 heavy (non-hydrogen) atoms. The molecule has 6 nitrogen and oxygen atoms in total. The first kappa shape index (κ1) is 28.8. The predicted molar refractivity (Wildman–Crippen MR) is 148 cm³/mol. The molecular formula is C32H56NO5+. The molecule has 0 bridgehead atoms. The van der Waals surface area contributed by atoms with E-state index in [2.05, 4.69) is 34.6 Å². The molecule has 1 heterocycles. The number of hydrogen-bond acceptors (Lipinski definition) is 4. The number of carbonyl (C=O) groups is 1. The number of epoxide rings is 1. The molecule has 1 saturated heterocycles. The van der Waals surface area contributed by atoms with Gasteiger partial charge >= 0.3 is 5.97 Å². The maximum atomic E-state index is 11.0. The topological polar surface area (TPSA) is 79.3 Å². The minimum Gasteiger partial charge on any atom is -0.477 e. The number of nitrogens with zero attached hydrogens (tertiary/aromatic N) is 1. The Morgan fingerprint density at radius 3 is 2.55 bits per heavy atom. The van der Waals surface area contributed by atoms with E-state index in [0.29, 0.717) is 24.7 Å².